The van der Waals surface area contributed by atoms with Gasteiger partial charge < -0.3 is 4.90 Å². The molecule has 0 fully saturated rings. The lowest BCUT2D eigenvalue weighted by Gasteiger charge is -2.26. The number of carbonyl (C=O) groups is 1. The van der Waals surface area contributed by atoms with Gasteiger partial charge >= 0.3 is 0 Å². The van der Waals surface area contributed by atoms with Gasteiger partial charge in [-0.2, -0.15) is 15.5 Å². The van der Waals surface area contributed by atoms with Crippen LogP contribution in [-0.2, 0) is 11.8 Å². The van der Waals surface area contributed by atoms with E-state index in [1.807, 2.05) is 25.5 Å². The van der Waals surface area contributed by atoms with Crippen LogP contribution < -0.4 is 0 Å². The predicted molar refractivity (Wildman–Crippen MR) is 101 cm³/mol. The van der Waals surface area contributed by atoms with Crippen molar-refractivity contribution in [3.05, 3.63) is 60.7 Å². The Kier molecular flexibility index (Phi) is 4.09. The molecular weight excluding hydrogens is 340 g/mol. The quantitative estimate of drug-likeness (QED) is 0.674. The Morgan fingerprint density at radius 1 is 1.30 bits per heavy atom. The number of hydrogen-bond donors (Lipinski definition) is 0. The summed E-state index contributed by atoms with van der Waals surface area (Å²) in [5.74, 6) is -0.0679. The van der Waals surface area contributed by atoms with Crippen LogP contribution in [0.25, 0.3) is 22.2 Å². The van der Waals surface area contributed by atoms with E-state index in [0.29, 0.717) is 25.1 Å². The van der Waals surface area contributed by atoms with Gasteiger partial charge in [0.1, 0.15) is 6.07 Å². The molecule has 0 aromatic carbocycles. The van der Waals surface area contributed by atoms with E-state index in [4.69, 9.17) is 0 Å². The molecular formula is C20H18N6O. The smallest absolute Gasteiger partial charge is 0.246 e. The average Bonchev–Trinajstić information content (AvgIpc) is 3.32. The molecule has 0 bridgehead atoms. The molecule has 0 saturated carbocycles. The van der Waals surface area contributed by atoms with Crippen LogP contribution >= 0.6 is 0 Å². The fourth-order valence-electron chi connectivity index (χ4n) is 3.42. The van der Waals surface area contributed by atoms with Gasteiger partial charge in [-0.15, -0.1) is 0 Å². The van der Waals surface area contributed by atoms with Crippen molar-refractivity contribution in [2.45, 2.75) is 6.42 Å². The molecule has 7 nitrogen and oxygen atoms in total. The molecule has 4 rings (SSSR count). The van der Waals surface area contributed by atoms with Gasteiger partial charge in [-0.1, -0.05) is 12.7 Å². The maximum absolute atomic E-state index is 11.8. The first kappa shape index (κ1) is 16.8. The molecule has 27 heavy (non-hydrogen) atoms. The highest BCUT2D eigenvalue weighted by Gasteiger charge is 2.20. The largest absolute Gasteiger partial charge is 0.335 e. The van der Waals surface area contributed by atoms with Crippen LogP contribution in [0.15, 0.2) is 49.6 Å². The van der Waals surface area contributed by atoms with Crippen LogP contribution in [0, 0.1) is 11.3 Å². The second-order valence-corrected chi connectivity index (χ2v) is 6.48. The van der Waals surface area contributed by atoms with Crippen molar-refractivity contribution in [2.75, 3.05) is 13.1 Å². The van der Waals surface area contributed by atoms with Gasteiger partial charge in [0.2, 0.25) is 5.91 Å². The summed E-state index contributed by atoms with van der Waals surface area (Å²) in [6.07, 6.45) is 11.3. The Morgan fingerprint density at radius 2 is 2.15 bits per heavy atom. The van der Waals surface area contributed by atoms with E-state index in [-0.39, 0.29) is 5.91 Å². The van der Waals surface area contributed by atoms with Crippen LogP contribution in [0.4, 0.5) is 0 Å². The third-order valence-electron chi connectivity index (χ3n) is 4.81. The molecule has 7 heteroatoms. The van der Waals surface area contributed by atoms with Crippen LogP contribution in [0.3, 0.4) is 0 Å². The molecule has 0 unspecified atom stereocenters. The monoisotopic (exact) mass is 358 g/mol. The van der Waals surface area contributed by atoms with Crippen molar-refractivity contribution in [2.24, 2.45) is 7.05 Å². The van der Waals surface area contributed by atoms with Gasteiger partial charge in [0, 0.05) is 49.2 Å². The first-order chi connectivity index (χ1) is 13.1. The average molecular weight is 358 g/mol. The van der Waals surface area contributed by atoms with Gasteiger partial charge in [0.25, 0.3) is 0 Å². The normalized spacial score (nSPS) is 14.1. The fourth-order valence-corrected chi connectivity index (χ4v) is 3.42. The maximum atomic E-state index is 11.8. The highest BCUT2D eigenvalue weighted by atomic mass is 16.2. The van der Waals surface area contributed by atoms with Crippen LogP contribution in [0.1, 0.15) is 17.5 Å². The Balaban J connectivity index is 1.84. The minimum atomic E-state index is -0.0679. The van der Waals surface area contributed by atoms with Crippen molar-refractivity contribution in [3.63, 3.8) is 0 Å². The minimum absolute atomic E-state index is 0.0679. The number of aryl methyl sites for hydroxylation is 1. The van der Waals surface area contributed by atoms with E-state index in [1.54, 1.807) is 26.5 Å². The Bertz CT molecular complexity index is 1130. The summed E-state index contributed by atoms with van der Waals surface area (Å²) in [6, 6.07) is 4.30. The molecule has 0 aliphatic carbocycles. The standard InChI is InChI=1S/C20H18N6O/c1-3-19(27)25-6-4-14(5-7-25)18-8-15(17-11-22-24(2)12-17)13-26-20(18)16(9-21)10-23-26/h3-4,8,10-13H,1,5-7H2,2H3. The molecule has 0 saturated heterocycles. The lowest BCUT2D eigenvalue weighted by molar-refractivity contribution is -0.125. The zero-order valence-electron chi connectivity index (χ0n) is 15.0. The number of aromatic nitrogens is 4. The van der Waals surface area contributed by atoms with E-state index in [1.165, 1.54) is 6.08 Å². The zero-order chi connectivity index (χ0) is 19.0. The third-order valence-corrected chi connectivity index (χ3v) is 4.81. The van der Waals surface area contributed by atoms with Crippen molar-refractivity contribution >= 4 is 17.0 Å². The van der Waals surface area contributed by atoms with Crippen LogP contribution in [0.5, 0.6) is 0 Å². The van der Waals surface area contributed by atoms with E-state index in [9.17, 15) is 10.1 Å². The number of fused-ring (bicyclic) bond motifs is 1. The zero-order valence-corrected chi connectivity index (χ0v) is 15.0. The summed E-state index contributed by atoms with van der Waals surface area (Å²) in [7, 11) is 1.87. The van der Waals surface area contributed by atoms with Gasteiger partial charge in [0.05, 0.1) is 23.5 Å². The Labute approximate surface area is 156 Å². The Morgan fingerprint density at radius 3 is 2.78 bits per heavy atom. The van der Waals surface area contributed by atoms with Gasteiger partial charge in [-0.25, -0.2) is 4.52 Å². The second-order valence-electron chi connectivity index (χ2n) is 6.48. The maximum Gasteiger partial charge on any atom is 0.246 e. The summed E-state index contributed by atoms with van der Waals surface area (Å²) in [5, 5.41) is 18.1. The number of pyridine rings is 1. The first-order valence-corrected chi connectivity index (χ1v) is 8.62. The molecule has 1 aliphatic rings. The molecule has 0 atom stereocenters. The SMILES string of the molecule is C=CC(=O)N1CC=C(c2cc(-c3cnn(C)c3)cn3ncc(C#N)c23)CC1. The lowest BCUT2D eigenvalue weighted by Crippen LogP contribution is -2.33. The molecule has 1 aliphatic heterocycles. The van der Waals surface area contributed by atoms with Gasteiger partial charge in [0.15, 0.2) is 0 Å². The summed E-state index contributed by atoms with van der Waals surface area (Å²) in [5.41, 5.74) is 5.36. The second kappa shape index (κ2) is 6.57. The number of amides is 1. The number of carbonyl (C=O) groups excluding carboxylic acids is 1. The molecule has 0 spiro atoms. The first-order valence-electron chi connectivity index (χ1n) is 8.62. The van der Waals surface area contributed by atoms with Gasteiger partial charge in [-0.05, 0) is 24.1 Å². The van der Waals surface area contributed by atoms with Crippen LogP contribution in [-0.4, -0.2) is 43.3 Å². The van der Waals surface area contributed by atoms with E-state index in [0.717, 1.165) is 27.8 Å². The summed E-state index contributed by atoms with van der Waals surface area (Å²) < 4.78 is 3.50. The highest BCUT2D eigenvalue weighted by Crippen LogP contribution is 2.32. The molecule has 1 amide bonds. The molecule has 0 radical (unpaired) electrons. The van der Waals surface area contributed by atoms with E-state index in [2.05, 4.69) is 28.9 Å². The number of hydrogen-bond acceptors (Lipinski definition) is 4. The van der Waals surface area contributed by atoms with Crippen LogP contribution in [0.2, 0.25) is 0 Å². The van der Waals surface area contributed by atoms with E-state index < -0.39 is 0 Å². The highest BCUT2D eigenvalue weighted by molar-refractivity contribution is 5.89. The van der Waals surface area contributed by atoms with Crippen molar-refractivity contribution in [1.82, 2.24) is 24.3 Å². The third kappa shape index (κ3) is 2.91. The summed E-state index contributed by atoms with van der Waals surface area (Å²) in [4.78, 5) is 13.6. The lowest BCUT2D eigenvalue weighted by atomic mass is 9.95. The number of rotatable bonds is 3. The Hall–Kier alpha value is -3.66. The molecule has 4 heterocycles. The molecule has 3 aromatic rings. The molecule has 134 valence electrons. The fraction of sp³-hybridized carbons (Fsp3) is 0.200. The van der Waals surface area contributed by atoms with Crippen molar-refractivity contribution in [1.29, 1.82) is 5.26 Å². The minimum Gasteiger partial charge on any atom is -0.335 e. The number of nitrogens with zero attached hydrogens (tertiary/aromatic N) is 6. The molecule has 0 N–H and O–H groups in total. The van der Waals surface area contributed by atoms with E-state index >= 15 is 0 Å². The predicted octanol–water partition coefficient (Wildman–Crippen LogP) is 2.41. The summed E-state index contributed by atoms with van der Waals surface area (Å²) in [6.45, 7) is 4.70. The summed E-state index contributed by atoms with van der Waals surface area (Å²) >= 11 is 0. The molecule has 3 aromatic heterocycles. The number of nitriles is 1. The van der Waals surface area contributed by atoms with Gasteiger partial charge in [-0.3, -0.25) is 9.48 Å². The van der Waals surface area contributed by atoms with Crippen molar-refractivity contribution < 1.29 is 4.79 Å². The van der Waals surface area contributed by atoms with Crippen molar-refractivity contribution in [3.8, 4) is 17.2 Å². The topological polar surface area (TPSA) is 79.2 Å².